The van der Waals surface area contributed by atoms with E-state index in [2.05, 4.69) is 15.3 Å². The number of hydrogen-bond donors (Lipinski definition) is 2. The Bertz CT molecular complexity index is 1090. The van der Waals surface area contributed by atoms with Crippen molar-refractivity contribution in [2.45, 2.75) is 25.2 Å². The summed E-state index contributed by atoms with van der Waals surface area (Å²) in [7, 11) is 0. The zero-order chi connectivity index (χ0) is 19.0. The molecule has 1 aliphatic rings. The van der Waals surface area contributed by atoms with Crippen LogP contribution in [0.5, 0.6) is 0 Å². The van der Waals surface area contributed by atoms with Crippen LogP contribution in [0, 0.1) is 6.92 Å². The van der Waals surface area contributed by atoms with Crippen LogP contribution < -0.4 is 10.9 Å². The molecule has 1 amide bonds. The maximum Gasteiger partial charge on any atom is 0.251 e. The first-order valence-electron chi connectivity index (χ1n) is 8.72. The third kappa shape index (κ3) is 3.51. The summed E-state index contributed by atoms with van der Waals surface area (Å²) in [5.41, 5.74) is 2.26. The van der Waals surface area contributed by atoms with E-state index in [0.717, 1.165) is 24.0 Å². The van der Waals surface area contributed by atoms with Gasteiger partial charge in [0.25, 0.3) is 5.56 Å². The smallest absolute Gasteiger partial charge is 0.251 e. The Morgan fingerprint density at radius 2 is 1.93 bits per heavy atom. The van der Waals surface area contributed by atoms with Crippen molar-refractivity contribution in [3.63, 3.8) is 0 Å². The van der Waals surface area contributed by atoms with E-state index in [9.17, 15) is 9.59 Å². The van der Waals surface area contributed by atoms with Gasteiger partial charge in [0.2, 0.25) is 5.91 Å². The largest absolute Gasteiger partial charge is 0.325 e. The maximum atomic E-state index is 12.9. The van der Waals surface area contributed by atoms with Crippen LogP contribution in [0.25, 0.3) is 11.4 Å². The summed E-state index contributed by atoms with van der Waals surface area (Å²) in [5.74, 6) is 0.430. The molecule has 0 saturated heterocycles. The molecule has 6 heteroatoms. The molecule has 2 N–H and O–H groups in total. The van der Waals surface area contributed by atoms with Crippen LogP contribution in [0.2, 0.25) is 5.02 Å². The minimum atomic E-state index is -0.517. The molecule has 0 radical (unpaired) electrons. The molecule has 1 saturated carbocycles. The predicted molar refractivity (Wildman–Crippen MR) is 106 cm³/mol. The minimum Gasteiger partial charge on any atom is -0.325 e. The fraction of sp³-hybridized carbons (Fsp3) is 0.190. The van der Waals surface area contributed by atoms with E-state index in [-0.39, 0.29) is 11.5 Å². The van der Waals surface area contributed by atoms with E-state index in [1.165, 1.54) is 6.07 Å². The van der Waals surface area contributed by atoms with Gasteiger partial charge in [-0.2, -0.15) is 0 Å². The van der Waals surface area contributed by atoms with Crippen LogP contribution in [-0.4, -0.2) is 15.9 Å². The molecule has 0 atom stereocenters. The molecule has 0 unspecified atom stereocenters. The van der Waals surface area contributed by atoms with Gasteiger partial charge in [-0.25, -0.2) is 4.98 Å². The molecule has 136 valence electrons. The number of nitrogens with zero attached hydrogens (tertiary/aromatic N) is 1. The number of benzene rings is 2. The number of aromatic amines is 1. The topological polar surface area (TPSA) is 74.8 Å². The number of nitrogens with one attached hydrogen (secondary N) is 2. The number of hydrogen-bond acceptors (Lipinski definition) is 3. The van der Waals surface area contributed by atoms with Gasteiger partial charge in [-0.3, -0.25) is 9.59 Å². The first kappa shape index (κ1) is 17.5. The van der Waals surface area contributed by atoms with Crippen molar-refractivity contribution in [3.8, 4) is 11.4 Å². The average Bonchev–Trinajstić information content (AvgIpc) is 3.43. The monoisotopic (exact) mass is 379 g/mol. The second kappa shape index (κ2) is 6.67. The fourth-order valence-corrected chi connectivity index (χ4v) is 3.46. The van der Waals surface area contributed by atoms with E-state index in [1.807, 2.05) is 42.5 Å². The van der Waals surface area contributed by atoms with E-state index in [4.69, 9.17) is 11.6 Å². The summed E-state index contributed by atoms with van der Waals surface area (Å²) >= 11 is 6.09. The zero-order valence-electron chi connectivity index (χ0n) is 14.8. The van der Waals surface area contributed by atoms with Crippen molar-refractivity contribution < 1.29 is 4.79 Å². The van der Waals surface area contributed by atoms with E-state index in [0.29, 0.717) is 22.2 Å². The number of carbonyl (C=O) groups is 1. The minimum absolute atomic E-state index is 0.0485. The molecule has 0 bridgehead atoms. The third-order valence-electron chi connectivity index (χ3n) is 4.83. The Labute approximate surface area is 161 Å². The predicted octanol–water partition coefficient (Wildman–Crippen LogP) is 4.07. The summed E-state index contributed by atoms with van der Waals surface area (Å²) < 4.78 is 0. The molecule has 1 aliphatic carbocycles. The van der Waals surface area contributed by atoms with Crippen LogP contribution in [0.4, 0.5) is 5.69 Å². The Kier molecular flexibility index (Phi) is 4.32. The molecule has 4 rings (SSSR count). The van der Waals surface area contributed by atoms with Gasteiger partial charge in [0, 0.05) is 28.0 Å². The van der Waals surface area contributed by atoms with Crippen molar-refractivity contribution >= 4 is 23.2 Å². The van der Waals surface area contributed by atoms with Crippen molar-refractivity contribution in [1.82, 2.24) is 9.97 Å². The standard InChI is InChI=1S/C21H18ClN3O2/c1-13-10-18(26)25-19(23-13)14-4-2-7-17(11-14)24-20(27)21(8-9-21)15-5-3-6-16(22)12-15/h2-7,10-12H,8-9H2,1H3,(H,24,27)(H,23,25,26). The first-order chi connectivity index (χ1) is 13.0. The Morgan fingerprint density at radius 3 is 2.63 bits per heavy atom. The van der Waals surface area contributed by atoms with E-state index in [1.54, 1.807) is 13.0 Å². The van der Waals surface area contributed by atoms with Crippen LogP contribution in [0.15, 0.2) is 59.4 Å². The molecule has 1 heterocycles. The number of aryl methyl sites for hydroxylation is 1. The highest BCUT2D eigenvalue weighted by molar-refractivity contribution is 6.30. The Balaban J connectivity index is 1.60. The van der Waals surface area contributed by atoms with Gasteiger partial charge in [0.05, 0.1) is 5.41 Å². The Hall–Kier alpha value is -2.92. The van der Waals surface area contributed by atoms with Gasteiger partial charge in [-0.05, 0) is 49.6 Å². The summed E-state index contributed by atoms with van der Waals surface area (Å²) in [6, 6.07) is 16.2. The lowest BCUT2D eigenvalue weighted by molar-refractivity contribution is -0.118. The van der Waals surface area contributed by atoms with Gasteiger partial charge >= 0.3 is 0 Å². The molecule has 27 heavy (non-hydrogen) atoms. The average molecular weight is 380 g/mol. The van der Waals surface area contributed by atoms with Gasteiger partial charge in [0.1, 0.15) is 5.82 Å². The molecule has 0 spiro atoms. The second-order valence-corrected chi connectivity index (χ2v) is 7.30. The Morgan fingerprint density at radius 1 is 1.15 bits per heavy atom. The second-order valence-electron chi connectivity index (χ2n) is 6.86. The molecule has 0 aliphatic heterocycles. The number of H-pyrrole nitrogens is 1. The number of rotatable bonds is 4. The fourth-order valence-electron chi connectivity index (χ4n) is 3.27. The maximum absolute atomic E-state index is 12.9. The van der Waals surface area contributed by atoms with Crippen LogP contribution in [0.3, 0.4) is 0 Å². The molecule has 1 fully saturated rings. The molecular weight excluding hydrogens is 362 g/mol. The lowest BCUT2D eigenvalue weighted by Crippen LogP contribution is -2.27. The highest BCUT2D eigenvalue weighted by atomic mass is 35.5. The summed E-state index contributed by atoms with van der Waals surface area (Å²) in [5, 5.41) is 3.63. The lowest BCUT2D eigenvalue weighted by atomic mass is 9.95. The number of aromatic nitrogens is 2. The van der Waals surface area contributed by atoms with Crippen LogP contribution in [0.1, 0.15) is 24.1 Å². The third-order valence-corrected chi connectivity index (χ3v) is 5.06. The number of amides is 1. The number of anilines is 1. The molecule has 5 nitrogen and oxygen atoms in total. The van der Waals surface area contributed by atoms with Gasteiger partial charge < -0.3 is 10.3 Å². The molecule has 3 aromatic rings. The van der Waals surface area contributed by atoms with Crippen molar-refractivity contribution in [1.29, 1.82) is 0 Å². The highest BCUT2D eigenvalue weighted by Gasteiger charge is 2.51. The van der Waals surface area contributed by atoms with Gasteiger partial charge in [-0.15, -0.1) is 0 Å². The van der Waals surface area contributed by atoms with Crippen molar-refractivity contribution in [3.05, 3.63) is 81.2 Å². The van der Waals surface area contributed by atoms with Crippen LogP contribution >= 0.6 is 11.6 Å². The van der Waals surface area contributed by atoms with Crippen molar-refractivity contribution in [2.24, 2.45) is 0 Å². The van der Waals surface area contributed by atoms with E-state index < -0.39 is 5.41 Å². The number of carbonyl (C=O) groups excluding carboxylic acids is 1. The SMILES string of the molecule is Cc1cc(=O)[nH]c(-c2cccc(NC(=O)C3(c4cccc(Cl)c4)CC3)c2)n1. The zero-order valence-corrected chi connectivity index (χ0v) is 15.5. The lowest BCUT2D eigenvalue weighted by Gasteiger charge is -2.16. The van der Waals surface area contributed by atoms with Gasteiger partial charge in [-0.1, -0.05) is 35.9 Å². The van der Waals surface area contributed by atoms with E-state index >= 15 is 0 Å². The summed E-state index contributed by atoms with van der Waals surface area (Å²) in [6.45, 7) is 1.77. The first-order valence-corrected chi connectivity index (χ1v) is 9.10. The molecular formula is C21H18ClN3O2. The highest BCUT2D eigenvalue weighted by Crippen LogP contribution is 2.49. The normalized spacial score (nSPS) is 14.6. The summed E-state index contributed by atoms with van der Waals surface area (Å²) in [4.78, 5) is 31.7. The summed E-state index contributed by atoms with van der Waals surface area (Å²) in [6.07, 6.45) is 1.59. The molecule has 2 aromatic carbocycles. The number of halogens is 1. The van der Waals surface area contributed by atoms with Gasteiger partial charge in [0.15, 0.2) is 0 Å². The van der Waals surface area contributed by atoms with Crippen LogP contribution in [-0.2, 0) is 10.2 Å². The quantitative estimate of drug-likeness (QED) is 0.717. The van der Waals surface area contributed by atoms with Crippen molar-refractivity contribution in [2.75, 3.05) is 5.32 Å². The molecule has 1 aromatic heterocycles.